The summed E-state index contributed by atoms with van der Waals surface area (Å²) in [4.78, 5) is 24.3. The van der Waals surface area contributed by atoms with Crippen molar-refractivity contribution in [3.63, 3.8) is 0 Å². The van der Waals surface area contributed by atoms with E-state index in [0.29, 0.717) is 17.9 Å². The summed E-state index contributed by atoms with van der Waals surface area (Å²) in [7, 11) is -2.45. The van der Waals surface area contributed by atoms with Crippen LogP contribution < -0.4 is 4.74 Å². The average Bonchev–Trinajstić information content (AvgIpc) is 3.57. The molecule has 0 saturated carbocycles. The van der Waals surface area contributed by atoms with E-state index in [1.54, 1.807) is 36.4 Å². The molecule has 10 nitrogen and oxygen atoms in total. The zero-order chi connectivity index (χ0) is 29.6. The molecule has 2 saturated heterocycles. The van der Waals surface area contributed by atoms with Crippen molar-refractivity contribution >= 4 is 22.3 Å². The third kappa shape index (κ3) is 7.92. The Morgan fingerprint density at radius 1 is 1.10 bits per heavy atom. The number of hydrogen-bond acceptors (Lipinski definition) is 9. The molecule has 4 rings (SSSR count). The molecule has 1 N–H and O–H groups in total. The number of nitrogens with zero attached hydrogens (tertiary/aromatic N) is 1. The minimum absolute atomic E-state index is 0.0153. The van der Waals surface area contributed by atoms with Gasteiger partial charge in [-0.25, -0.2) is 8.42 Å². The first-order valence-corrected chi connectivity index (χ1v) is 15.3. The number of benzene rings is 2. The van der Waals surface area contributed by atoms with E-state index in [9.17, 15) is 23.1 Å². The zero-order valence-corrected chi connectivity index (χ0v) is 24.5. The molecule has 0 amide bonds. The standard InChI is InChI=1S/C30H39NO9S/c1-20(2)16-31(41(35,36)25-10-8-24(37-3)9-11-25)17-27(33)23(14-21-4-6-22(18-32)7-5-21)15-29(34)40-28-19-39-30-26(28)12-13-38-30/h4-11,18,20,23,26-28,30,33H,12-17,19H2,1-3H3/t23?,26-,27+,28?,30+/m0/s1. The predicted octanol–water partition coefficient (Wildman–Crippen LogP) is 3.07. The molecule has 2 aliphatic rings. The van der Waals surface area contributed by atoms with Crippen molar-refractivity contribution in [2.75, 3.05) is 33.4 Å². The minimum atomic E-state index is -3.96. The highest BCUT2D eigenvalue weighted by molar-refractivity contribution is 7.89. The summed E-state index contributed by atoms with van der Waals surface area (Å²) in [6.07, 6.45) is -0.322. The highest BCUT2D eigenvalue weighted by Gasteiger charge is 2.44. The number of aliphatic hydroxyl groups excluding tert-OH is 1. The van der Waals surface area contributed by atoms with Gasteiger partial charge in [0, 0.05) is 24.6 Å². The Morgan fingerprint density at radius 3 is 2.44 bits per heavy atom. The molecule has 41 heavy (non-hydrogen) atoms. The van der Waals surface area contributed by atoms with E-state index in [1.807, 2.05) is 13.8 Å². The number of ether oxygens (including phenoxy) is 4. The van der Waals surface area contributed by atoms with Gasteiger partial charge in [-0.1, -0.05) is 38.1 Å². The summed E-state index contributed by atoms with van der Waals surface area (Å²) in [6.45, 7) is 4.58. The van der Waals surface area contributed by atoms with Crippen LogP contribution in [0.15, 0.2) is 53.4 Å². The third-order valence-corrected chi connectivity index (χ3v) is 9.36. The molecule has 0 radical (unpaired) electrons. The van der Waals surface area contributed by atoms with Crippen molar-refractivity contribution in [1.82, 2.24) is 4.31 Å². The molecule has 0 aromatic heterocycles. The first-order valence-electron chi connectivity index (χ1n) is 13.9. The minimum Gasteiger partial charge on any atom is -0.497 e. The number of carbonyl (C=O) groups is 2. The van der Waals surface area contributed by atoms with Crippen LogP contribution >= 0.6 is 0 Å². The Labute approximate surface area is 241 Å². The Bertz CT molecular complexity index is 1260. The van der Waals surface area contributed by atoms with Gasteiger partial charge in [-0.2, -0.15) is 4.31 Å². The second-order valence-electron chi connectivity index (χ2n) is 11.0. The van der Waals surface area contributed by atoms with Gasteiger partial charge in [0.2, 0.25) is 10.0 Å². The maximum atomic E-state index is 13.6. The number of sulfonamides is 1. The molecule has 2 heterocycles. The first-order chi connectivity index (χ1) is 19.6. The van der Waals surface area contributed by atoms with Crippen LogP contribution in [-0.2, 0) is 35.4 Å². The molecular formula is C30H39NO9S. The lowest BCUT2D eigenvalue weighted by atomic mass is 9.90. The van der Waals surface area contributed by atoms with Gasteiger partial charge >= 0.3 is 5.97 Å². The van der Waals surface area contributed by atoms with Crippen molar-refractivity contribution < 1.29 is 42.1 Å². The van der Waals surface area contributed by atoms with Gasteiger partial charge in [0.1, 0.15) is 18.1 Å². The van der Waals surface area contributed by atoms with E-state index in [-0.39, 0.29) is 55.6 Å². The summed E-state index contributed by atoms with van der Waals surface area (Å²) >= 11 is 0. The molecule has 2 aromatic rings. The molecule has 0 bridgehead atoms. The summed E-state index contributed by atoms with van der Waals surface area (Å²) < 4.78 is 50.6. The Balaban J connectivity index is 1.53. The van der Waals surface area contributed by atoms with Crippen LogP contribution in [0.3, 0.4) is 0 Å². The van der Waals surface area contributed by atoms with E-state index < -0.39 is 34.1 Å². The number of esters is 1. The lowest BCUT2D eigenvalue weighted by Crippen LogP contribution is -2.43. The van der Waals surface area contributed by atoms with Crippen LogP contribution in [0.5, 0.6) is 5.75 Å². The molecule has 224 valence electrons. The largest absolute Gasteiger partial charge is 0.497 e. The van der Waals surface area contributed by atoms with E-state index in [1.165, 1.54) is 23.5 Å². The van der Waals surface area contributed by atoms with Gasteiger partial charge in [0.05, 0.1) is 43.7 Å². The molecular weight excluding hydrogens is 550 g/mol. The molecule has 5 atom stereocenters. The van der Waals surface area contributed by atoms with Crippen LogP contribution in [-0.4, -0.2) is 82.0 Å². The fourth-order valence-electron chi connectivity index (χ4n) is 5.29. The number of methoxy groups -OCH3 is 1. The molecule has 11 heteroatoms. The summed E-state index contributed by atoms with van der Waals surface area (Å²) in [6, 6.07) is 13.0. The first kappa shape index (κ1) is 31.1. The number of aldehydes is 1. The van der Waals surface area contributed by atoms with Crippen molar-refractivity contribution in [1.29, 1.82) is 0 Å². The van der Waals surface area contributed by atoms with Gasteiger partial charge < -0.3 is 24.1 Å². The van der Waals surface area contributed by atoms with Crippen molar-refractivity contribution in [2.45, 2.75) is 56.5 Å². The monoisotopic (exact) mass is 589 g/mol. The summed E-state index contributed by atoms with van der Waals surface area (Å²) in [5.41, 5.74) is 1.31. The van der Waals surface area contributed by atoms with Crippen molar-refractivity contribution in [2.24, 2.45) is 17.8 Å². The van der Waals surface area contributed by atoms with Crippen LogP contribution in [0.4, 0.5) is 0 Å². The van der Waals surface area contributed by atoms with Gasteiger partial charge in [-0.15, -0.1) is 0 Å². The van der Waals surface area contributed by atoms with Gasteiger partial charge in [0.25, 0.3) is 0 Å². The summed E-state index contributed by atoms with van der Waals surface area (Å²) in [5, 5.41) is 11.5. The highest BCUT2D eigenvalue weighted by Crippen LogP contribution is 2.33. The smallest absolute Gasteiger partial charge is 0.306 e. The van der Waals surface area contributed by atoms with Crippen molar-refractivity contribution in [3.05, 3.63) is 59.7 Å². The van der Waals surface area contributed by atoms with E-state index >= 15 is 0 Å². The number of aliphatic hydroxyl groups is 1. The molecule has 2 fully saturated rings. The van der Waals surface area contributed by atoms with Crippen LogP contribution in [0.1, 0.15) is 42.6 Å². The van der Waals surface area contributed by atoms with Crippen molar-refractivity contribution in [3.8, 4) is 5.75 Å². The zero-order valence-electron chi connectivity index (χ0n) is 23.7. The number of fused-ring (bicyclic) bond motifs is 1. The second kappa shape index (κ2) is 13.9. The molecule has 2 unspecified atom stereocenters. The van der Waals surface area contributed by atoms with Gasteiger partial charge in [0.15, 0.2) is 6.29 Å². The topological polar surface area (TPSA) is 129 Å². The Kier molecular flexibility index (Phi) is 10.5. The highest BCUT2D eigenvalue weighted by atomic mass is 32.2. The van der Waals surface area contributed by atoms with Crippen LogP contribution in [0.25, 0.3) is 0 Å². The van der Waals surface area contributed by atoms with E-state index in [0.717, 1.165) is 18.3 Å². The lowest BCUT2D eigenvalue weighted by Gasteiger charge is -2.30. The van der Waals surface area contributed by atoms with Gasteiger partial charge in [-0.3, -0.25) is 9.59 Å². The summed E-state index contributed by atoms with van der Waals surface area (Å²) in [5.74, 6) is -0.647. The number of hydrogen-bond donors (Lipinski definition) is 1. The molecule has 0 spiro atoms. The predicted molar refractivity (Wildman–Crippen MR) is 150 cm³/mol. The molecule has 0 aliphatic carbocycles. The van der Waals surface area contributed by atoms with E-state index in [2.05, 4.69) is 0 Å². The number of carbonyl (C=O) groups excluding carboxylic acids is 2. The number of rotatable bonds is 14. The molecule has 2 aliphatic heterocycles. The normalized spacial score (nSPS) is 22.0. The van der Waals surface area contributed by atoms with E-state index in [4.69, 9.17) is 18.9 Å². The fourth-order valence-corrected chi connectivity index (χ4v) is 6.91. The maximum absolute atomic E-state index is 13.6. The lowest BCUT2D eigenvalue weighted by molar-refractivity contribution is -0.153. The quantitative estimate of drug-likeness (QED) is 0.261. The SMILES string of the molecule is COc1ccc(S(=O)(=O)N(CC(C)C)C[C@@H](O)C(CC(=O)OC2CO[C@H]3OCC[C@@H]23)Cc2ccc(C=O)cc2)cc1. The maximum Gasteiger partial charge on any atom is 0.306 e. The van der Waals surface area contributed by atoms with Gasteiger partial charge in [-0.05, 0) is 48.6 Å². The Morgan fingerprint density at radius 2 is 1.80 bits per heavy atom. The Hall–Kier alpha value is -2.83. The van der Waals surface area contributed by atoms with Crippen LogP contribution in [0.2, 0.25) is 0 Å². The fraction of sp³-hybridized carbons (Fsp3) is 0.533. The third-order valence-electron chi connectivity index (χ3n) is 7.51. The second-order valence-corrected chi connectivity index (χ2v) is 13.0. The van der Waals surface area contributed by atoms with Crippen LogP contribution in [0, 0.1) is 17.8 Å². The molecule has 2 aromatic carbocycles. The average molecular weight is 590 g/mol.